The maximum atomic E-state index is 12.1. The Morgan fingerprint density at radius 3 is 2.55 bits per heavy atom. The van der Waals surface area contributed by atoms with Crippen LogP contribution in [0.25, 0.3) is 17.1 Å². The van der Waals surface area contributed by atoms with Crippen LogP contribution < -0.4 is 0 Å². The Balaban J connectivity index is 1.22. The molecule has 4 rings (SSSR count). The van der Waals surface area contributed by atoms with Gasteiger partial charge < -0.3 is 9.26 Å². The summed E-state index contributed by atoms with van der Waals surface area (Å²) in [6.07, 6.45) is 1.42. The molecule has 0 N–H and O–H groups in total. The molecule has 0 radical (unpaired) electrons. The van der Waals surface area contributed by atoms with E-state index in [1.807, 2.05) is 79.2 Å². The molecule has 2 aromatic carbocycles. The Bertz CT molecular complexity index is 1150. The Morgan fingerprint density at radius 2 is 1.84 bits per heavy atom. The molecule has 0 aliphatic rings. The van der Waals surface area contributed by atoms with Gasteiger partial charge in [-0.3, -0.25) is 4.79 Å². The van der Waals surface area contributed by atoms with Gasteiger partial charge >= 0.3 is 5.97 Å². The quantitative estimate of drug-likeness (QED) is 0.390. The summed E-state index contributed by atoms with van der Waals surface area (Å²) >= 11 is 0. The van der Waals surface area contributed by atoms with Gasteiger partial charge in [0.05, 0.1) is 11.4 Å². The minimum atomic E-state index is -0.245. The summed E-state index contributed by atoms with van der Waals surface area (Å²) in [7, 11) is 0. The number of carbonyl (C=O) groups excluding carboxylic acids is 1. The van der Waals surface area contributed by atoms with Gasteiger partial charge in [-0.2, -0.15) is 10.1 Å². The van der Waals surface area contributed by atoms with E-state index in [0.717, 1.165) is 28.2 Å². The fraction of sp³-hybridized carbons (Fsp3) is 0.250. The molecule has 158 valence electrons. The highest BCUT2D eigenvalue weighted by Crippen LogP contribution is 2.16. The van der Waals surface area contributed by atoms with E-state index in [0.29, 0.717) is 31.0 Å². The first-order valence-corrected chi connectivity index (χ1v) is 10.2. The van der Waals surface area contributed by atoms with E-state index in [2.05, 4.69) is 15.2 Å². The SMILES string of the molecule is Cc1cc(C)n(-c2ccc(COC(=O)CCCc3nc(-c4ccccc4)no3)cc2)n1. The molecular formula is C24H24N4O3. The molecule has 4 aromatic rings. The molecule has 0 aliphatic carbocycles. The number of aryl methyl sites for hydroxylation is 3. The average Bonchev–Trinajstić information content (AvgIpc) is 3.39. The van der Waals surface area contributed by atoms with Crippen LogP contribution in [-0.4, -0.2) is 25.9 Å². The monoisotopic (exact) mass is 416 g/mol. The van der Waals surface area contributed by atoms with Crippen molar-refractivity contribution in [2.24, 2.45) is 0 Å². The number of hydrogen-bond acceptors (Lipinski definition) is 6. The largest absolute Gasteiger partial charge is 0.461 e. The second-order valence-electron chi connectivity index (χ2n) is 7.40. The lowest BCUT2D eigenvalue weighted by molar-refractivity contribution is -0.145. The number of esters is 1. The van der Waals surface area contributed by atoms with Crippen LogP contribution in [0, 0.1) is 13.8 Å². The van der Waals surface area contributed by atoms with E-state index in [1.54, 1.807) is 0 Å². The highest BCUT2D eigenvalue weighted by atomic mass is 16.5. The Kier molecular flexibility index (Phi) is 6.21. The molecule has 0 amide bonds. The Hall–Kier alpha value is -3.74. The predicted molar refractivity (Wildman–Crippen MR) is 116 cm³/mol. The fourth-order valence-corrected chi connectivity index (χ4v) is 3.30. The molecule has 2 aromatic heterocycles. The number of aromatic nitrogens is 4. The van der Waals surface area contributed by atoms with Crippen LogP contribution >= 0.6 is 0 Å². The van der Waals surface area contributed by atoms with Gasteiger partial charge in [0.25, 0.3) is 0 Å². The zero-order valence-corrected chi connectivity index (χ0v) is 17.6. The Labute approximate surface area is 180 Å². The molecule has 0 fully saturated rings. The van der Waals surface area contributed by atoms with Gasteiger partial charge in [0.2, 0.25) is 11.7 Å². The summed E-state index contributed by atoms with van der Waals surface area (Å²) < 4.78 is 12.5. The number of carbonyl (C=O) groups is 1. The van der Waals surface area contributed by atoms with Crippen molar-refractivity contribution in [3.63, 3.8) is 0 Å². The second-order valence-corrected chi connectivity index (χ2v) is 7.40. The van der Waals surface area contributed by atoms with Crippen LogP contribution in [-0.2, 0) is 22.6 Å². The molecule has 0 spiro atoms. The fourth-order valence-electron chi connectivity index (χ4n) is 3.30. The number of benzene rings is 2. The number of ether oxygens (including phenoxy) is 1. The lowest BCUT2D eigenvalue weighted by Gasteiger charge is -2.07. The summed E-state index contributed by atoms with van der Waals surface area (Å²) in [5.74, 6) is 0.832. The van der Waals surface area contributed by atoms with Gasteiger partial charge in [-0.05, 0) is 44.0 Å². The topological polar surface area (TPSA) is 83.0 Å². The molecule has 7 heteroatoms. The van der Waals surface area contributed by atoms with E-state index in [4.69, 9.17) is 9.26 Å². The lowest BCUT2D eigenvalue weighted by atomic mass is 10.2. The molecule has 0 aliphatic heterocycles. The maximum absolute atomic E-state index is 12.1. The van der Waals surface area contributed by atoms with Gasteiger partial charge in [0.1, 0.15) is 6.61 Å². The first kappa shape index (κ1) is 20.5. The van der Waals surface area contributed by atoms with Crippen LogP contribution in [0.15, 0.2) is 65.2 Å². The van der Waals surface area contributed by atoms with E-state index in [-0.39, 0.29) is 12.6 Å². The van der Waals surface area contributed by atoms with Gasteiger partial charge in [-0.1, -0.05) is 47.6 Å². The van der Waals surface area contributed by atoms with E-state index in [9.17, 15) is 4.79 Å². The first-order chi connectivity index (χ1) is 15.1. The van der Waals surface area contributed by atoms with Crippen LogP contribution in [0.3, 0.4) is 0 Å². The molecular weight excluding hydrogens is 392 g/mol. The predicted octanol–water partition coefficient (Wildman–Crippen LogP) is 4.61. The lowest BCUT2D eigenvalue weighted by Crippen LogP contribution is -2.05. The van der Waals surface area contributed by atoms with E-state index in [1.165, 1.54) is 0 Å². The number of hydrogen-bond donors (Lipinski definition) is 0. The standard InChI is InChI=1S/C24H24N4O3/c1-17-15-18(2)28(26-17)21-13-11-19(12-14-21)16-30-23(29)10-6-9-22-25-24(27-31-22)20-7-4-3-5-8-20/h3-5,7-8,11-15H,6,9-10,16H2,1-2H3. The molecule has 0 saturated carbocycles. The molecule has 0 atom stereocenters. The van der Waals surface area contributed by atoms with Crippen LogP contribution in [0.4, 0.5) is 0 Å². The first-order valence-electron chi connectivity index (χ1n) is 10.2. The third-order valence-electron chi connectivity index (χ3n) is 4.86. The van der Waals surface area contributed by atoms with Gasteiger partial charge in [0.15, 0.2) is 0 Å². The normalized spacial score (nSPS) is 10.9. The zero-order chi connectivity index (χ0) is 21.6. The summed E-state index contributed by atoms with van der Waals surface area (Å²) in [6, 6.07) is 19.5. The minimum Gasteiger partial charge on any atom is -0.461 e. The van der Waals surface area contributed by atoms with Crippen LogP contribution in [0.5, 0.6) is 0 Å². The third-order valence-corrected chi connectivity index (χ3v) is 4.86. The Morgan fingerprint density at radius 1 is 1.06 bits per heavy atom. The highest BCUT2D eigenvalue weighted by Gasteiger charge is 2.10. The molecule has 31 heavy (non-hydrogen) atoms. The van der Waals surface area contributed by atoms with Crippen molar-refractivity contribution in [2.75, 3.05) is 0 Å². The highest BCUT2D eigenvalue weighted by molar-refractivity contribution is 5.69. The van der Waals surface area contributed by atoms with Crippen LogP contribution in [0.2, 0.25) is 0 Å². The average molecular weight is 416 g/mol. The van der Waals surface area contributed by atoms with Crippen molar-refractivity contribution in [1.82, 2.24) is 19.9 Å². The minimum absolute atomic E-state index is 0.245. The molecule has 0 bridgehead atoms. The van der Waals surface area contributed by atoms with Gasteiger partial charge in [-0.15, -0.1) is 0 Å². The molecule has 0 unspecified atom stereocenters. The van der Waals surface area contributed by atoms with E-state index < -0.39 is 0 Å². The maximum Gasteiger partial charge on any atom is 0.306 e. The van der Waals surface area contributed by atoms with Crippen molar-refractivity contribution >= 4 is 5.97 Å². The van der Waals surface area contributed by atoms with Crippen LogP contribution in [0.1, 0.15) is 35.7 Å². The van der Waals surface area contributed by atoms with E-state index >= 15 is 0 Å². The number of rotatable bonds is 8. The summed E-state index contributed by atoms with van der Waals surface area (Å²) in [4.78, 5) is 16.4. The number of nitrogens with zero attached hydrogens (tertiary/aromatic N) is 4. The summed E-state index contributed by atoms with van der Waals surface area (Å²) in [5.41, 5.74) is 4.88. The second kappa shape index (κ2) is 9.38. The van der Waals surface area contributed by atoms with Crippen molar-refractivity contribution in [3.8, 4) is 17.1 Å². The molecule has 2 heterocycles. The summed E-state index contributed by atoms with van der Waals surface area (Å²) in [5, 5.41) is 8.46. The van der Waals surface area contributed by atoms with Crippen molar-refractivity contribution in [3.05, 3.63) is 83.5 Å². The third kappa shape index (κ3) is 5.25. The zero-order valence-electron chi connectivity index (χ0n) is 17.6. The van der Waals surface area contributed by atoms with Crippen molar-refractivity contribution in [2.45, 2.75) is 39.7 Å². The smallest absolute Gasteiger partial charge is 0.306 e. The molecule has 0 saturated heterocycles. The van der Waals surface area contributed by atoms with Crippen molar-refractivity contribution < 1.29 is 14.1 Å². The van der Waals surface area contributed by atoms with Gasteiger partial charge in [0, 0.05) is 24.1 Å². The van der Waals surface area contributed by atoms with Gasteiger partial charge in [-0.25, -0.2) is 4.68 Å². The summed E-state index contributed by atoms with van der Waals surface area (Å²) in [6.45, 7) is 4.24. The van der Waals surface area contributed by atoms with Crippen molar-refractivity contribution in [1.29, 1.82) is 0 Å². The molecule has 7 nitrogen and oxygen atoms in total.